The molecule has 3 aromatic rings. The van der Waals surface area contributed by atoms with E-state index in [4.69, 9.17) is 4.98 Å². The Hall–Kier alpha value is -2.43. The predicted molar refractivity (Wildman–Crippen MR) is 124 cm³/mol. The van der Waals surface area contributed by atoms with E-state index in [1.807, 2.05) is 24.0 Å². The van der Waals surface area contributed by atoms with Crippen LogP contribution in [0.15, 0.2) is 24.7 Å². The summed E-state index contributed by atoms with van der Waals surface area (Å²) in [5.74, 6) is 0.538. The number of rotatable bonds is 8. The summed E-state index contributed by atoms with van der Waals surface area (Å²) in [6.45, 7) is 7.53. The molecule has 8 nitrogen and oxygen atoms in total. The molecule has 1 aliphatic carbocycles. The molecule has 5 rings (SSSR count). The number of aryl methyl sites for hydroxylation is 1. The summed E-state index contributed by atoms with van der Waals surface area (Å²) in [6.07, 6.45) is 7.44. The average molecular weight is 457 g/mol. The van der Waals surface area contributed by atoms with Gasteiger partial charge in [0.1, 0.15) is 5.00 Å². The van der Waals surface area contributed by atoms with Crippen molar-refractivity contribution >= 4 is 22.5 Å². The van der Waals surface area contributed by atoms with Crippen LogP contribution in [0.2, 0.25) is 0 Å². The van der Waals surface area contributed by atoms with Crippen LogP contribution < -0.4 is 5.32 Å². The van der Waals surface area contributed by atoms with E-state index in [1.54, 1.807) is 6.20 Å². The van der Waals surface area contributed by atoms with Gasteiger partial charge in [0.2, 0.25) is 5.95 Å². The van der Waals surface area contributed by atoms with E-state index in [-0.39, 0.29) is 12.1 Å². The highest BCUT2D eigenvalue weighted by molar-refractivity contribution is 7.10. The molecule has 4 heterocycles. The number of halogens is 1. The minimum atomic E-state index is -0.283. The second-order valence-electron chi connectivity index (χ2n) is 9.17. The standard InChI is InChI=1S/C22H29FN8S/c1-16-10-24-21(26-19-9-18(28-32-19)13-30-7-5-29(2)6-8-30)27-20(16)17-11-25-31(12-17)15-22(14-23)3-4-22/h9-12H,3-8,13-15H2,1-2H3,(H,24,26,27). The van der Waals surface area contributed by atoms with Crippen LogP contribution in [0.25, 0.3) is 11.3 Å². The summed E-state index contributed by atoms with van der Waals surface area (Å²) in [6, 6.07) is 2.08. The lowest BCUT2D eigenvalue weighted by atomic mass is 10.1. The predicted octanol–water partition coefficient (Wildman–Crippen LogP) is 3.35. The van der Waals surface area contributed by atoms with E-state index in [0.717, 1.165) is 73.1 Å². The van der Waals surface area contributed by atoms with Crippen molar-refractivity contribution in [3.63, 3.8) is 0 Å². The van der Waals surface area contributed by atoms with E-state index in [0.29, 0.717) is 12.5 Å². The molecule has 170 valence electrons. The molecule has 0 atom stereocenters. The second-order valence-corrected chi connectivity index (χ2v) is 9.98. The van der Waals surface area contributed by atoms with Gasteiger partial charge in [0, 0.05) is 62.6 Å². The van der Waals surface area contributed by atoms with Gasteiger partial charge < -0.3 is 10.2 Å². The lowest BCUT2D eigenvalue weighted by molar-refractivity contribution is 0.147. The van der Waals surface area contributed by atoms with Gasteiger partial charge in [-0.1, -0.05) is 0 Å². The zero-order chi connectivity index (χ0) is 22.1. The average Bonchev–Trinajstić information content (AvgIpc) is 3.18. The number of likely N-dealkylation sites (N-methyl/N-ethyl adjacent to an activating group) is 1. The minimum absolute atomic E-state index is 0.204. The number of aromatic nitrogens is 5. The van der Waals surface area contributed by atoms with Gasteiger partial charge in [0.25, 0.3) is 0 Å². The summed E-state index contributed by atoms with van der Waals surface area (Å²) in [7, 11) is 2.16. The van der Waals surface area contributed by atoms with Gasteiger partial charge in [-0.05, 0) is 50.0 Å². The molecule has 1 N–H and O–H groups in total. The van der Waals surface area contributed by atoms with Crippen LogP contribution in [0.1, 0.15) is 24.1 Å². The van der Waals surface area contributed by atoms with Gasteiger partial charge in [0.05, 0.1) is 24.3 Å². The number of piperazine rings is 1. The smallest absolute Gasteiger partial charge is 0.228 e. The van der Waals surface area contributed by atoms with Crippen LogP contribution in [0.3, 0.4) is 0 Å². The normalized spacial score (nSPS) is 18.7. The van der Waals surface area contributed by atoms with Gasteiger partial charge in [-0.25, -0.2) is 9.97 Å². The maximum atomic E-state index is 13.2. The monoisotopic (exact) mass is 456 g/mol. The Labute approximate surface area is 191 Å². The van der Waals surface area contributed by atoms with Crippen LogP contribution >= 0.6 is 11.5 Å². The van der Waals surface area contributed by atoms with E-state index in [1.165, 1.54) is 11.5 Å². The molecule has 0 spiro atoms. The highest BCUT2D eigenvalue weighted by Crippen LogP contribution is 2.47. The molecule has 2 fully saturated rings. The molecule has 0 unspecified atom stereocenters. The third-order valence-corrected chi connectivity index (χ3v) is 7.13. The van der Waals surface area contributed by atoms with Gasteiger partial charge in [-0.15, -0.1) is 0 Å². The maximum absolute atomic E-state index is 13.2. The Morgan fingerprint density at radius 2 is 2.00 bits per heavy atom. The lowest BCUT2D eigenvalue weighted by Crippen LogP contribution is -2.43. The van der Waals surface area contributed by atoms with Crippen molar-refractivity contribution in [2.24, 2.45) is 5.41 Å². The molecule has 1 aliphatic heterocycles. The molecule has 1 saturated heterocycles. The first-order valence-corrected chi connectivity index (χ1v) is 11.9. The Bertz CT molecular complexity index is 1070. The van der Waals surface area contributed by atoms with Crippen LogP contribution in [-0.4, -0.2) is 73.8 Å². The van der Waals surface area contributed by atoms with Crippen molar-refractivity contribution in [1.82, 2.24) is 33.9 Å². The summed E-state index contributed by atoms with van der Waals surface area (Å²) in [4.78, 5) is 14.0. The number of hydrogen-bond donors (Lipinski definition) is 1. The third-order valence-electron chi connectivity index (χ3n) is 6.39. The Kier molecular flexibility index (Phi) is 5.92. The largest absolute Gasteiger partial charge is 0.314 e. The molecule has 2 aliphatic rings. The molecule has 0 radical (unpaired) electrons. The van der Waals surface area contributed by atoms with E-state index < -0.39 is 0 Å². The highest BCUT2D eigenvalue weighted by Gasteiger charge is 2.43. The van der Waals surface area contributed by atoms with Crippen LogP contribution in [0.4, 0.5) is 15.3 Å². The summed E-state index contributed by atoms with van der Waals surface area (Å²) in [5, 5.41) is 8.67. The first-order chi connectivity index (χ1) is 15.5. The zero-order valence-corrected chi connectivity index (χ0v) is 19.4. The quantitative estimate of drug-likeness (QED) is 0.557. The fraction of sp³-hybridized carbons (Fsp3) is 0.545. The number of alkyl halides is 1. The van der Waals surface area contributed by atoms with Crippen LogP contribution in [-0.2, 0) is 13.1 Å². The molecule has 0 amide bonds. The number of nitrogens with zero attached hydrogens (tertiary/aromatic N) is 7. The number of nitrogens with one attached hydrogen (secondary N) is 1. The van der Waals surface area contributed by atoms with E-state index >= 15 is 0 Å². The van der Waals surface area contributed by atoms with Gasteiger partial charge in [-0.3, -0.25) is 14.0 Å². The number of hydrogen-bond acceptors (Lipinski definition) is 8. The fourth-order valence-electron chi connectivity index (χ4n) is 4.01. The van der Waals surface area contributed by atoms with Crippen molar-refractivity contribution < 1.29 is 4.39 Å². The SMILES string of the molecule is Cc1cnc(Nc2cc(CN3CCN(C)CC3)ns2)nc1-c1cnn(CC2(CF)CC2)c1. The first kappa shape index (κ1) is 21.4. The van der Waals surface area contributed by atoms with Crippen LogP contribution in [0.5, 0.6) is 0 Å². The molecule has 0 aromatic carbocycles. The van der Waals surface area contributed by atoms with Gasteiger partial charge >= 0.3 is 0 Å². The Morgan fingerprint density at radius 1 is 1.19 bits per heavy atom. The Balaban J connectivity index is 1.25. The zero-order valence-electron chi connectivity index (χ0n) is 18.6. The van der Waals surface area contributed by atoms with E-state index in [2.05, 4.69) is 42.7 Å². The van der Waals surface area contributed by atoms with Crippen LogP contribution in [0, 0.1) is 12.3 Å². The first-order valence-electron chi connectivity index (χ1n) is 11.1. The summed E-state index contributed by atoms with van der Waals surface area (Å²) < 4.78 is 19.7. The maximum Gasteiger partial charge on any atom is 0.228 e. The number of anilines is 2. The van der Waals surface area contributed by atoms with Gasteiger partial charge in [0.15, 0.2) is 0 Å². The Morgan fingerprint density at radius 3 is 2.75 bits per heavy atom. The van der Waals surface area contributed by atoms with Crippen molar-refractivity contribution in [3.05, 3.63) is 35.9 Å². The van der Waals surface area contributed by atoms with Crippen molar-refractivity contribution in [2.45, 2.75) is 32.9 Å². The van der Waals surface area contributed by atoms with Gasteiger partial charge in [-0.2, -0.15) is 9.47 Å². The molecular formula is C22H29FN8S. The highest BCUT2D eigenvalue weighted by atomic mass is 32.1. The molecular weight excluding hydrogens is 427 g/mol. The van der Waals surface area contributed by atoms with E-state index in [9.17, 15) is 4.39 Å². The van der Waals surface area contributed by atoms with Crippen molar-refractivity contribution in [2.75, 3.05) is 45.2 Å². The molecule has 0 bridgehead atoms. The molecule has 3 aromatic heterocycles. The second kappa shape index (κ2) is 8.84. The lowest BCUT2D eigenvalue weighted by Gasteiger charge is -2.31. The summed E-state index contributed by atoms with van der Waals surface area (Å²) >= 11 is 1.43. The fourth-order valence-corrected chi connectivity index (χ4v) is 4.66. The van der Waals surface area contributed by atoms with Crippen molar-refractivity contribution in [3.8, 4) is 11.3 Å². The molecule has 10 heteroatoms. The third kappa shape index (κ3) is 4.82. The molecule has 1 saturated carbocycles. The molecule has 32 heavy (non-hydrogen) atoms. The van der Waals surface area contributed by atoms with Crippen molar-refractivity contribution in [1.29, 1.82) is 0 Å². The topological polar surface area (TPSA) is 75.0 Å². The summed E-state index contributed by atoms with van der Waals surface area (Å²) in [5.41, 5.74) is 3.59. The minimum Gasteiger partial charge on any atom is -0.314 e.